The van der Waals surface area contributed by atoms with Crippen LogP contribution in [0.25, 0.3) is 0 Å². The van der Waals surface area contributed by atoms with Gasteiger partial charge in [-0.2, -0.15) is 0 Å². The van der Waals surface area contributed by atoms with Gasteiger partial charge in [-0.25, -0.2) is 0 Å². The van der Waals surface area contributed by atoms with E-state index >= 15 is 0 Å². The van der Waals surface area contributed by atoms with E-state index in [0.29, 0.717) is 26.2 Å². The molecule has 1 unspecified atom stereocenters. The van der Waals surface area contributed by atoms with E-state index < -0.39 is 0 Å². The molecule has 1 heterocycles. The van der Waals surface area contributed by atoms with Gasteiger partial charge < -0.3 is 14.7 Å². The molecule has 4 nitrogen and oxygen atoms in total. The van der Waals surface area contributed by atoms with Crippen LogP contribution in [0.15, 0.2) is 0 Å². The third-order valence-corrected chi connectivity index (χ3v) is 2.79. The average molecular weight is 215 g/mol. The summed E-state index contributed by atoms with van der Waals surface area (Å²) in [7, 11) is 0. The van der Waals surface area contributed by atoms with Gasteiger partial charge in [0.15, 0.2) is 0 Å². The lowest BCUT2D eigenvalue weighted by molar-refractivity contribution is -0.134. The van der Waals surface area contributed by atoms with Crippen molar-refractivity contribution in [2.45, 2.75) is 26.2 Å². The molecule has 15 heavy (non-hydrogen) atoms. The molecule has 1 amide bonds. The van der Waals surface area contributed by atoms with Gasteiger partial charge in [0, 0.05) is 26.3 Å². The number of ether oxygens (including phenoxy) is 1. The Hall–Kier alpha value is -0.610. The van der Waals surface area contributed by atoms with Gasteiger partial charge in [0.25, 0.3) is 0 Å². The highest BCUT2D eigenvalue weighted by atomic mass is 16.5. The van der Waals surface area contributed by atoms with Gasteiger partial charge in [0.2, 0.25) is 5.91 Å². The van der Waals surface area contributed by atoms with Gasteiger partial charge in [-0.1, -0.05) is 0 Å². The smallest absolute Gasteiger partial charge is 0.224 e. The molecule has 4 heteroatoms. The molecule has 0 radical (unpaired) electrons. The van der Waals surface area contributed by atoms with Crippen LogP contribution in [0.1, 0.15) is 26.2 Å². The number of piperidine rings is 1. The number of likely N-dealkylation sites (tertiary alicyclic amines) is 1. The van der Waals surface area contributed by atoms with Gasteiger partial charge >= 0.3 is 0 Å². The Balaban J connectivity index is 2.25. The molecule has 0 aromatic rings. The van der Waals surface area contributed by atoms with Crippen LogP contribution in [0.2, 0.25) is 0 Å². The first-order valence-corrected chi connectivity index (χ1v) is 5.74. The number of rotatable bonds is 5. The lowest BCUT2D eigenvalue weighted by atomic mass is 9.99. The molecule has 1 aliphatic heterocycles. The monoisotopic (exact) mass is 215 g/mol. The molecule has 0 saturated carbocycles. The van der Waals surface area contributed by atoms with Crippen molar-refractivity contribution in [1.82, 2.24) is 4.90 Å². The Kier molecular flexibility index (Phi) is 5.65. The van der Waals surface area contributed by atoms with Crippen LogP contribution >= 0.6 is 0 Å². The summed E-state index contributed by atoms with van der Waals surface area (Å²) in [6, 6.07) is 0. The number of aliphatic hydroxyl groups is 1. The zero-order chi connectivity index (χ0) is 11.1. The predicted octanol–water partition coefficient (Wildman–Crippen LogP) is 0.644. The topological polar surface area (TPSA) is 49.8 Å². The first kappa shape index (κ1) is 12.5. The minimum Gasteiger partial charge on any atom is -0.396 e. The Labute approximate surface area is 91.2 Å². The molecule has 1 fully saturated rings. The van der Waals surface area contributed by atoms with Crippen molar-refractivity contribution < 1.29 is 14.6 Å². The summed E-state index contributed by atoms with van der Waals surface area (Å²) in [6.07, 6.45) is 2.50. The molecular weight excluding hydrogens is 194 g/mol. The number of carbonyl (C=O) groups is 1. The highest BCUT2D eigenvalue weighted by Crippen LogP contribution is 2.16. The van der Waals surface area contributed by atoms with Crippen molar-refractivity contribution >= 4 is 5.91 Å². The second-order valence-electron chi connectivity index (χ2n) is 3.98. The lowest BCUT2D eigenvalue weighted by Gasteiger charge is -2.31. The fourth-order valence-electron chi connectivity index (χ4n) is 1.90. The largest absolute Gasteiger partial charge is 0.396 e. The van der Waals surface area contributed by atoms with Crippen LogP contribution in [0.3, 0.4) is 0 Å². The van der Waals surface area contributed by atoms with Crippen molar-refractivity contribution in [2.75, 3.05) is 32.9 Å². The predicted molar refractivity (Wildman–Crippen MR) is 57.5 cm³/mol. The summed E-state index contributed by atoms with van der Waals surface area (Å²) >= 11 is 0. The number of hydrogen-bond donors (Lipinski definition) is 1. The Morgan fingerprint density at radius 2 is 2.40 bits per heavy atom. The van der Waals surface area contributed by atoms with E-state index in [1.54, 1.807) is 0 Å². The molecule has 1 aliphatic rings. The van der Waals surface area contributed by atoms with Crippen LogP contribution in [0.5, 0.6) is 0 Å². The average Bonchev–Trinajstić information content (AvgIpc) is 2.29. The summed E-state index contributed by atoms with van der Waals surface area (Å²) in [5.41, 5.74) is 0. The number of nitrogens with zero attached hydrogens (tertiary/aromatic N) is 1. The molecule has 0 spiro atoms. The summed E-state index contributed by atoms with van der Waals surface area (Å²) in [6.45, 7) is 4.83. The minimum absolute atomic E-state index is 0.154. The van der Waals surface area contributed by atoms with Gasteiger partial charge in [-0.05, 0) is 25.7 Å². The van der Waals surface area contributed by atoms with E-state index in [-0.39, 0.29) is 18.4 Å². The quantitative estimate of drug-likeness (QED) is 0.685. The third kappa shape index (κ3) is 4.18. The number of aliphatic hydroxyl groups excluding tert-OH is 1. The Morgan fingerprint density at radius 1 is 1.60 bits per heavy atom. The van der Waals surface area contributed by atoms with Gasteiger partial charge in [-0.3, -0.25) is 4.79 Å². The lowest BCUT2D eigenvalue weighted by Crippen LogP contribution is -2.41. The second kappa shape index (κ2) is 6.80. The molecule has 1 atom stereocenters. The van der Waals surface area contributed by atoms with E-state index in [0.717, 1.165) is 19.4 Å². The fourth-order valence-corrected chi connectivity index (χ4v) is 1.90. The van der Waals surface area contributed by atoms with E-state index in [2.05, 4.69) is 0 Å². The van der Waals surface area contributed by atoms with Crippen LogP contribution in [0, 0.1) is 5.92 Å². The van der Waals surface area contributed by atoms with Gasteiger partial charge in [0.1, 0.15) is 0 Å². The highest BCUT2D eigenvalue weighted by Gasteiger charge is 2.22. The summed E-state index contributed by atoms with van der Waals surface area (Å²) in [5, 5.41) is 9.04. The summed E-state index contributed by atoms with van der Waals surface area (Å²) in [5.74, 6) is 0.427. The molecule has 88 valence electrons. The first-order valence-electron chi connectivity index (χ1n) is 5.74. The maximum Gasteiger partial charge on any atom is 0.224 e. The zero-order valence-electron chi connectivity index (χ0n) is 9.45. The maximum absolute atomic E-state index is 11.7. The zero-order valence-corrected chi connectivity index (χ0v) is 9.45. The highest BCUT2D eigenvalue weighted by molar-refractivity contribution is 5.76. The van der Waals surface area contributed by atoms with E-state index in [1.807, 2.05) is 11.8 Å². The molecule has 1 N–H and O–H groups in total. The summed E-state index contributed by atoms with van der Waals surface area (Å²) in [4.78, 5) is 13.5. The van der Waals surface area contributed by atoms with Crippen LogP contribution in [-0.2, 0) is 9.53 Å². The van der Waals surface area contributed by atoms with Gasteiger partial charge in [-0.15, -0.1) is 0 Å². The molecule has 0 aromatic heterocycles. The minimum atomic E-state index is 0.154. The Bertz CT molecular complexity index is 196. The van der Waals surface area contributed by atoms with Crippen molar-refractivity contribution in [3.05, 3.63) is 0 Å². The van der Waals surface area contributed by atoms with Crippen LogP contribution in [-0.4, -0.2) is 48.8 Å². The van der Waals surface area contributed by atoms with Crippen LogP contribution in [0.4, 0.5) is 0 Å². The van der Waals surface area contributed by atoms with Gasteiger partial charge in [0.05, 0.1) is 13.0 Å². The van der Waals surface area contributed by atoms with Crippen molar-refractivity contribution in [1.29, 1.82) is 0 Å². The molecule has 1 rings (SSSR count). The summed E-state index contributed by atoms with van der Waals surface area (Å²) < 4.78 is 5.15. The van der Waals surface area contributed by atoms with E-state index in [4.69, 9.17) is 9.84 Å². The molecule has 0 bridgehead atoms. The van der Waals surface area contributed by atoms with E-state index in [1.165, 1.54) is 0 Å². The maximum atomic E-state index is 11.7. The number of amides is 1. The fraction of sp³-hybridized carbons (Fsp3) is 0.909. The van der Waals surface area contributed by atoms with Crippen molar-refractivity contribution in [3.8, 4) is 0 Å². The third-order valence-electron chi connectivity index (χ3n) is 2.79. The standard InChI is InChI=1S/C11H21NO3/c1-2-15-7-5-11(14)12-6-3-4-10(8-12)9-13/h10,13H,2-9H2,1H3. The van der Waals surface area contributed by atoms with Crippen molar-refractivity contribution in [2.24, 2.45) is 5.92 Å². The SMILES string of the molecule is CCOCCC(=O)N1CCCC(CO)C1. The number of carbonyl (C=O) groups excluding carboxylic acids is 1. The Morgan fingerprint density at radius 3 is 3.07 bits per heavy atom. The molecular formula is C11H21NO3. The van der Waals surface area contributed by atoms with E-state index in [9.17, 15) is 4.79 Å². The number of hydrogen-bond acceptors (Lipinski definition) is 3. The second-order valence-corrected chi connectivity index (χ2v) is 3.98. The van der Waals surface area contributed by atoms with Crippen LogP contribution < -0.4 is 0 Å². The normalized spacial score (nSPS) is 21.7. The molecule has 1 saturated heterocycles. The van der Waals surface area contributed by atoms with Crippen molar-refractivity contribution in [3.63, 3.8) is 0 Å². The molecule has 0 aliphatic carbocycles. The molecule has 0 aromatic carbocycles. The first-order chi connectivity index (χ1) is 7.27.